The largest absolute Gasteiger partial charge is 0.478 e. The first-order chi connectivity index (χ1) is 8.68. The van der Waals surface area contributed by atoms with Crippen LogP contribution in [0, 0.1) is 0 Å². The summed E-state index contributed by atoms with van der Waals surface area (Å²) in [6.07, 6.45) is 4.39. The Morgan fingerprint density at radius 2 is 2.39 bits per heavy atom. The van der Waals surface area contributed by atoms with E-state index in [0.717, 1.165) is 5.01 Å². The second kappa shape index (κ2) is 5.65. The lowest BCUT2D eigenvalue weighted by molar-refractivity contribution is 0.0694. The molecule has 0 aliphatic carbocycles. The van der Waals surface area contributed by atoms with E-state index in [1.807, 2.05) is 12.3 Å². The number of hydrogen-bond acceptors (Lipinski definition) is 6. The number of aromatic nitrogens is 3. The summed E-state index contributed by atoms with van der Waals surface area (Å²) in [6.45, 7) is 2.34. The van der Waals surface area contributed by atoms with Crippen LogP contribution < -0.4 is 5.32 Å². The zero-order valence-electron chi connectivity index (χ0n) is 9.70. The molecule has 2 aromatic rings. The van der Waals surface area contributed by atoms with Gasteiger partial charge in [-0.2, -0.15) is 0 Å². The third-order valence-corrected chi connectivity index (χ3v) is 3.38. The predicted molar refractivity (Wildman–Crippen MR) is 66.4 cm³/mol. The van der Waals surface area contributed by atoms with Gasteiger partial charge in [-0.05, 0) is 6.92 Å². The third kappa shape index (κ3) is 2.88. The SMILES string of the molecule is CC(NCc1ncncc1C(=O)O)c1nccs1. The van der Waals surface area contributed by atoms with Crippen LogP contribution in [0.2, 0.25) is 0 Å². The van der Waals surface area contributed by atoms with E-state index in [-0.39, 0.29) is 11.6 Å². The fraction of sp³-hybridized carbons (Fsp3) is 0.273. The van der Waals surface area contributed by atoms with E-state index in [0.29, 0.717) is 12.2 Å². The van der Waals surface area contributed by atoms with Crippen LogP contribution in [0.5, 0.6) is 0 Å². The van der Waals surface area contributed by atoms with Crippen molar-refractivity contribution in [3.8, 4) is 0 Å². The van der Waals surface area contributed by atoms with Gasteiger partial charge in [-0.3, -0.25) is 0 Å². The summed E-state index contributed by atoms with van der Waals surface area (Å²) < 4.78 is 0. The van der Waals surface area contributed by atoms with Crippen molar-refractivity contribution < 1.29 is 9.90 Å². The molecule has 18 heavy (non-hydrogen) atoms. The molecule has 1 atom stereocenters. The molecule has 0 bridgehead atoms. The van der Waals surface area contributed by atoms with Gasteiger partial charge < -0.3 is 10.4 Å². The van der Waals surface area contributed by atoms with E-state index >= 15 is 0 Å². The average molecular weight is 264 g/mol. The molecule has 0 fully saturated rings. The topological polar surface area (TPSA) is 88.0 Å². The molecule has 1 unspecified atom stereocenters. The number of carbonyl (C=O) groups is 1. The van der Waals surface area contributed by atoms with Crippen molar-refractivity contribution in [3.63, 3.8) is 0 Å². The van der Waals surface area contributed by atoms with Crippen molar-refractivity contribution in [2.75, 3.05) is 0 Å². The number of carboxylic acids is 1. The van der Waals surface area contributed by atoms with Gasteiger partial charge in [0.05, 0.1) is 11.7 Å². The van der Waals surface area contributed by atoms with E-state index in [9.17, 15) is 4.79 Å². The Bertz CT molecular complexity index is 530. The van der Waals surface area contributed by atoms with Crippen molar-refractivity contribution in [3.05, 3.63) is 40.4 Å². The van der Waals surface area contributed by atoms with Crippen LogP contribution in [-0.4, -0.2) is 26.0 Å². The minimum absolute atomic E-state index is 0.0570. The molecule has 0 aliphatic heterocycles. The molecule has 0 aromatic carbocycles. The number of hydrogen-bond donors (Lipinski definition) is 2. The van der Waals surface area contributed by atoms with Crippen LogP contribution in [0.25, 0.3) is 0 Å². The molecule has 6 nitrogen and oxygen atoms in total. The normalized spacial score (nSPS) is 12.3. The number of carboxylic acid groups (broad SMARTS) is 1. The van der Waals surface area contributed by atoms with Crippen molar-refractivity contribution >= 4 is 17.3 Å². The van der Waals surface area contributed by atoms with Gasteiger partial charge in [0.25, 0.3) is 0 Å². The van der Waals surface area contributed by atoms with Gasteiger partial charge in [0.2, 0.25) is 0 Å². The van der Waals surface area contributed by atoms with E-state index in [4.69, 9.17) is 5.11 Å². The summed E-state index contributed by atoms with van der Waals surface area (Å²) in [6, 6.07) is 0.0570. The van der Waals surface area contributed by atoms with Crippen LogP contribution in [0.4, 0.5) is 0 Å². The molecule has 0 saturated heterocycles. The second-order valence-electron chi connectivity index (χ2n) is 3.66. The lowest BCUT2D eigenvalue weighted by Gasteiger charge is -2.11. The summed E-state index contributed by atoms with van der Waals surface area (Å²) in [4.78, 5) is 22.9. The molecule has 94 valence electrons. The van der Waals surface area contributed by atoms with Gasteiger partial charge in [0.15, 0.2) is 0 Å². The van der Waals surface area contributed by atoms with Crippen LogP contribution >= 0.6 is 11.3 Å². The Balaban J connectivity index is 2.04. The van der Waals surface area contributed by atoms with Crippen molar-refractivity contribution in [1.82, 2.24) is 20.3 Å². The summed E-state index contributed by atoms with van der Waals surface area (Å²) in [7, 11) is 0. The zero-order valence-corrected chi connectivity index (χ0v) is 10.5. The van der Waals surface area contributed by atoms with Crippen molar-refractivity contribution in [1.29, 1.82) is 0 Å². The molecule has 2 N–H and O–H groups in total. The number of nitrogens with zero attached hydrogens (tertiary/aromatic N) is 3. The fourth-order valence-electron chi connectivity index (χ4n) is 1.46. The minimum Gasteiger partial charge on any atom is -0.478 e. The first-order valence-corrected chi connectivity index (χ1v) is 6.21. The van der Waals surface area contributed by atoms with Gasteiger partial charge in [0, 0.05) is 24.3 Å². The standard InChI is InChI=1S/C11H12N4O2S/c1-7(10-13-2-3-18-10)14-5-9-8(11(16)17)4-12-6-15-9/h2-4,6-7,14H,5H2,1H3,(H,16,17). The zero-order chi connectivity index (χ0) is 13.0. The van der Waals surface area contributed by atoms with Gasteiger partial charge in [0.1, 0.15) is 16.9 Å². The highest BCUT2D eigenvalue weighted by molar-refractivity contribution is 7.09. The summed E-state index contributed by atoms with van der Waals surface area (Å²) in [5.41, 5.74) is 0.595. The van der Waals surface area contributed by atoms with Crippen LogP contribution in [-0.2, 0) is 6.54 Å². The van der Waals surface area contributed by atoms with Crippen molar-refractivity contribution in [2.24, 2.45) is 0 Å². The Labute approximate surface area is 108 Å². The van der Waals surface area contributed by atoms with Gasteiger partial charge >= 0.3 is 5.97 Å². The number of nitrogens with one attached hydrogen (secondary N) is 1. The molecule has 7 heteroatoms. The third-order valence-electron chi connectivity index (χ3n) is 2.42. The number of thiazole rings is 1. The quantitative estimate of drug-likeness (QED) is 0.850. The molecule has 0 radical (unpaired) electrons. The fourth-order valence-corrected chi connectivity index (χ4v) is 2.13. The van der Waals surface area contributed by atoms with Crippen LogP contribution in [0.3, 0.4) is 0 Å². The maximum absolute atomic E-state index is 11.0. The molecule has 2 rings (SSSR count). The summed E-state index contributed by atoms with van der Waals surface area (Å²) in [5.74, 6) is -1.02. The molecule has 0 spiro atoms. The minimum atomic E-state index is -1.02. The summed E-state index contributed by atoms with van der Waals surface area (Å²) in [5, 5.41) is 15.1. The molecular formula is C11H12N4O2S. The van der Waals surface area contributed by atoms with E-state index < -0.39 is 5.97 Å². The molecule has 0 aliphatic rings. The molecule has 2 aromatic heterocycles. The van der Waals surface area contributed by atoms with Gasteiger partial charge in [-0.15, -0.1) is 11.3 Å². The Kier molecular flexibility index (Phi) is 3.96. The average Bonchev–Trinajstić information content (AvgIpc) is 2.90. The smallest absolute Gasteiger partial charge is 0.339 e. The Morgan fingerprint density at radius 3 is 3.06 bits per heavy atom. The highest BCUT2D eigenvalue weighted by atomic mass is 32.1. The maximum atomic E-state index is 11.0. The predicted octanol–water partition coefficient (Wildman–Crippen LogP) is 1.48. The number of aromatic carboxylic acids is 1. The monoisotopic (exact) mass is 264 g/mol. The van der Waals surface area contributed by atoms with Crippen LogP contribution in [0.1, 0.15) is 34.0 Å². The first-order valence-electron chi connectivity index (χ1n) is 5.33. The lowest BCUT2D eigenvalue weighted by atomic mass is 10.2. The summed E-state index contributed by atoms with van der Waals surface area (Å²) >= 11 is 1.55. The van der Waals surface area contributed by atoms with Crippen LogP contribution in [0.15, 0.2) is 24.1 Å². The highest BCUT2D eigenvalue weighted by Gasteiger charge is 2.13. The Hall–Kier alpha value is -1.86. The van der Waals surface area contributed by atoms with Crippen molar-refractivity contribution in [2.45, 2.75) is 19.5 Å². The molecule has 0 saturated carbocycles. The highest BCUT2D eigenvalue weighted by Crippen LogP contribution is 2.15. The number of rotatable bonds is 5. The van der Waals surface area contributed by atoms with E-state index in [2.05, 4.69) is 20.3 Å². The van der Waals surface area contributed by atoms with Gasteiger partial charge in [-0.1, -0.05) is 0 Å². The van der Waals surface area contributed by atoms with E-state index in [1.165, 1.54) is 12.5 Å². The lowest BCUT2D eigenvalue weighted by Crippen LogP contribution is -2.20. The molecule has 2 heterocycles. The molecular weight excluding hydrogens is 252 g/mol. The van der Waals surface area contributed by atoms with E-state index in [1.54, 1.807) is 17.5 Å². The Morgan fingerprint density at radius 1 is 1.56 bits per heavy atom. The van der Waals surface area contributed by atoms with Gasteiger partial charge in [-0.25, -0.2) is 19.7 Å². The maximum Gasteiger partial charge on any atom is 0.339 e. The molecule has 0 amide bonds. The first kappa shape index (κ1) is 12.6. The second-order valence-corrected chi connectivity index (χ2v) is 4.59.